The summed E-state index contributed by atoms with van der Waals surface area (Å²) in [6.45, 7) is 6.05. The molecule has 1 N–H and O–H groups in total. The van der Waals surface area contributed by atoms with Crippen LogP contribution in [-0.4, -0.2) is 31.7 Å². The van der Waals surface area contributed by atoms with Gasteiger partial charge in [0.25, 0.3) is 0 Å². The van der Waals surface area contributed by atoms with Crippen molar-refractivity contribution in [3.05, 3.63) is 22.8 Å². The van der Waals surface area contributed by atoms with Crippen LogP contribution < -0.4 is 5.32 Å². The number of hydrogen-bond donors (Lipinski definition) is 1. The molecule has 0 aliphatic carbocycles. The molecule has 1 atom stereocenters. The molecule has 0 aromatic carbocycles. The summed E-state index contributed by atoms with van der Waals surface area (Å²) < 4.78 is 22.9. The molecule has 0 aliphatic rings. The lowest BCUT2D eigenvalue weighted by Gasteiger charge is -2.13. The SMILES string of the molecule is CNCc1c(C)nc(C(C)S(C)(=O)=O)nc1C. The molecule has 5 nitrogen and oxygen atoms in total. The molecule has 1 unspecified atom stereocenters. The van der Waals surface area contributed by atoms with Crippen molar-refractivity contribution in [1.29, 1.82) is 0 Å². The molecular weight excluding hydrogens is 238 g/mol. The maximum absolute atomic E-state index is 11.5. The number of aromatic nitrogens is 2. The molecule has 96 valence electrons. The zero-order valence-electron chi connectivity index (χ0n) is 10.9. The first-order valence-corrected chi connectivity index (χ1v) is 7.40. The van der Waals surface area contributed by atoms with Gasteiger partial charge in [0, 0.05) is 29.8 Å². The van der Waals surface area contributed by atoms with Crippen molar-refractivity contribution >= 4 is 9.84 Å². The lowest BCUT2D eigenvalue weighted by Crippen LogP contribution is -2.16. The van der Waals surface area contributed by atoms with Gasteiger partial charge in [0.05, 0.1) is 0 Å². The van der Waals surface area contributed by atoms with Crippen LogP contribution in [0.1, 0.15) is 34.9 Å². The molecule has 0 radical (unpaired) electrons. The second-order valence-corrected chi connectivity index (χ2v) is 6.60. The normalized spacial score (nSPS) is 13.7. The van der Waals surface area contributed by atoms with E-state index in [0.29, 0.717) is 12.4 Å². The Morgan fingerprint density at radius 3 is 2.06 bits per heavy atom. The maximum atomic E-state index is 11.5. The van der Waals surface area contributed by atoms with E-state index >= 15 is 0 Å². The van der Waals surface area contributed by atoms with Gasteiger partial charge in [0.15, 0.2) is 9.84 Å². The first-order chi connectivity index (χ1) is 7.77. The number of nitrogens with one attached hydrogen (secondary N) is 1. The molecule has 0 amide bonds. The van der Waals surface area contributed by atoms with E-state index < -0.39 is 15.1 Å². The fraction of sp³-hybridized carbons (Fsp3) is 0.636. The summed E-state index contributed by atoms with van der Waals surface area (Å²) in [5, 5.41) is 2.38. The van der Waals surface area contributed by atoms with Crippen LogP contribution in [0.25, 0.3) is 0 Å². The lowest BCUT2D eigenvalue weighted by molar-refractivity contribution is 0.588. The highest BCUT2D eigenvalue weighted by molar-refractivity contribution is 7.90. The Bertz CT molecular complexity index is 488. The van der Waals surface area contributed by atoms with Gasteiger partial charge in [0.2, 0.25) is 0 Å². The summed E-state index contributed by atoms with van der Waals surface area (Å²) in [6.07, 6.45) is 1.20. The minimum absolute atomic E-state index is 0.377. The zero-order valence-corrected chi connectivity index (χ0v) is 11.7. The highest BCUT2D eigenvalue weighted by atomic mass is 32.2. The smallest absolute Gasteiger partial charge is 0.157 e. The van der Waals surface area contributed by atoms with Gasteiger partial charge < -0.3 is 5.32 Å². The summed E-state index contributed by atoms with van der Waals surface area (Å²) in [4.78, 5) is 8.58. The third kappa shape index (κ3) is 3.23. The first kappa shape index (κ1) is 14.1. The molecule has 1 rings (SSSR count). The quantitative estimate of drug-likeness (QED) is 0.868. The molecule has 0 aliphatic heterocycles. The molecule has 0 saturated carbocycles. The van der Waals surface area contributed by atoms with Crippen LogP contribution in [0, 0.1) is 13.8 Å². The van der Waals surface area contributed by atoms with Crippen LogP contribution in [0.4, 0.5) is 0 Å². The van der Waals surface area contributed by atoms with Crippen molar-refractivity contribution in [2.75, 3.05) is 13.3 Å². The Labute approximate surface area is 103 Å². The van der Waals surface area contributed by atoms with Crippen molar-refractivity contribution < 1.29 is 8.42 Å². The molecule has 0 spiro atoms. The third-order valence-electron chi connectivity index (χ3n) is 2.80. The van der Waals surface area contributed by atoms with E-state index in [1.165, 1.54) is 6.26 Å². The van der Waals surface area contributed by atoms with Crippen molar-refractivity contribution in [3.8, 4) is 0 Å². The van der Waals surface area contributed by atoms with Gasteiger partial charge in [-0.15, -0.1) is 0 Å². The Balaban J connectivity index is 3.23. The minimum atomic E-state index is -3.16. The van der Waals surface area contributed by atoms with Crippen LogP contribution >= 0.6 is 0 Å². The third-order valence-corrected chi connectivity index (χ3v) is 4.29. The fourth-order valence-corrected chi connectivity index (χ4v) is 2.06. The van der Waals surface area contributed by atoms with E-state index in [-0.39, 0.29) is 0 Å². The van der Waals surface area contributed by atoms with Gasteiger partial charge in [-0.2, -0.15) is 0 Å². The van der Waals surface area contributed by atoms with Crippen LogP contribution in [0.5, 0.6) is 0 Å². The van der Waals surface area contributed by atoms with Crippen molar-refractivity contribution in [2.24, 2.45) is 0 Å². The maximum Gasteiger partial charge on any atom is 0.157 e. The van der Waals surface area contributed by atoms with Gasteiger partial charge in [-0.25, -0.2) is 18.4 Å². The largest absolute Gasteiger partial charge is 0.316 e. The van der Waals surface area contributed by atoms with Gasteiger partial charge in [-0.1, -0.05) is 0 Å². The van der Waals surface area contributed by atoms with E-state index in [1.807, 2.05) is 20.9 Å². The Morgan fingerprint density at radius 1 is 1.24 bits per heavy atom. The number of aryl methyl sites for hydroxylation is 2. The fourth-order valence-electron chi connectivity index (χ4n) is 1.57. The number of sulfone groups is 1. The van der Waals surface area contributed by atoms with Crippen molar-refractivity contribution in [1.82, 2.24) is 15.3 Å². The summed E-state index contributed by atoms with van der Waals surface area (Å²) in [5.41, 5.74) is 2.69. The second-order valence-electron chi connectivity index (χ2n) is 4.23. The molecule has 1 aromatic rings. The first-order valence-electron chi connectivity index (χ1n) is 5.44. The van der Waals surface area contributed by atoms with E-state index in [1.54, 1.807) is 6.92 Å². The molecule has 0 saturated heterocycles. The summed E-state index contributed by atoms with van der Waals surface area (Å²) in [5.74, 6) is 0.377. The van der Waals surface area contributed by atoms with E-state index in [2.05, 4.69) is 15.3 Å². The van der Waals surface area contributed by atoms with E-state index in [0.717, 1.165) is 17.0 Å². The lowest BCUT2D eigenvalue weighted by atomic mass is 10.1. The second kappa shape index (κ2) is 5.10. The molecule has 1 aromatic heterocycles. The Hall–Kier alpha value is -1.01. The predicted octanol–water partition coefficient (Wildman–Crippen LogP) is 0.918. The zero-order chi connectivity index (χ0) is 13.2. The molecule has 0 fully saturated rings. The van der Waals surface area contributed by atoms with Gasteiger partial charge >= 0.3 is 0 Å². The number of nitrogens with zero attached hydrogens (tertiary/aromatic N) is 2. The average Bonchev–Trinajstić information content (AvgIpc) is 2.20. The minimum Gasteiger partial charge on any atom is -0.316 e. The number of hydrogen-bond acceptors (Lipinski definition) is 5. The summed E-state index contributed by atoms with van der Waals surface area (Å²) in [6, 6.07) is 0. The highest BCUT2D eigenvalue weighted by Gasteiger charge is 2.21. The summed E-state index contributed by atoms with van der Waals surface area (Å²) in [7, 11) is -1.30. The van der Waals surface area contributed by atoms with Crippen molar-refractivity contribution in [3.63, 3.8) is 0 Å². The standard InChI is InChI=1S/C11H19N3O2S/c1-7-10(6-12-4)8(2)14-11(13-7)9(3)17(5,15)16/h9,12H,6H2,1-5H3. The molecule has 1 heterocycles. The van der Waals surface area contributed by atoms with Gasteiger partial charge in [-0.05, 0) is 27.8 Å². The molecule has 0 bridgehead atoms. The van der Waals surface area contributed by atoms with Crippen LogP contribution in [0.3, 0.4) is 0 Å². The van der Waals surface area contributed by atoms with Gasteiger partial charge in [0.1, 0.15) is 11.1 Å². The Kier molecular flexibility index (Phi) is 4.21. The van der Waals surface area contributed by atoms with E-state index in [9.17, 15) is 8.42 Å². The molecule has 6 heteroatoms. The van der Waals surface area contributed by atoms with E-state index in [4.69, 9.17) is 0 Å². The Morgan fingerprint density at radius 2 is 1.71 bits per heavy atom. The molecular formula is C11H19N3O2S. The van der Waals surface area contributed by atoms with Crippen LogP contribution in [0.2, 0.25) is 0 Å². The average molecular weight is 257 g/mol. The van der Waals surface area contributed by atoms with Crippen LogP contribution in [-0.2, 0) is 16.4 Å². The van der Waals surface area contributed by atoms with Crippen molar-refractivity contribution in [2.45, 2.75) is 32.6 Å². The topological polar surface area (TPSA) is 72.0 Å². The monoisotopic (exact) mass is 257 g/mol. The number of rotatable bonds is 4. The summed E-state index contributed by atoms with van der Waals surface area (Å²) >= 11 is 0. The van der Waals surface area contributed by atoms with Gasteiger partial charge in [-0.3, -0.25) is 0 Å². The highest BCUT2D eigenvalue weighted by Crippen LogP contribution is 2.19. The predicted molar refractivity (Wildman–Crippen MR) is 67.5 cm³/mol. The molecule has 17 heavy (non-hydrogen) atoms. The van der Waals surface area contributed by atoms with Crippen LogP contribution in [0.15, 0.2) is 0 Å².